The van der Waals surface area contributed by atoms with Crippen LogP contribution in [0.1, 0.15) is 12.5 Å². The van der Waals surface area contributed by atoms with E-state index in [1.807, 2.05) is 37.4 Å². The Balaban J connectivity index is 3.00. The molecule has 0 bridgehead atoms. The molecule has 0 amide bonds. The number of benzene rings is 1. The normalized spacial score (nSPS) is 11.5. The van der Waals surface area contributed by atoms with Crippen LogP contribution in [0.25, 0.3) is 5.57 Å². The van der Waals surface area contributed by atoms with E-state index in [-0.39, 0.29) is 0 Å². The summed E-state index contributed by atoms with van der Waals surface area (Å²) in [5.74, 6) is 0. The average molecular weight is 237 g/mol. The van der Waals surface area contributed by atoms with Crippen molar-refractivity contribution < 1.29 is 0 Å². The molecule has 0 atom stereocenters. The van der Waals surface area contributed by atoms with Gasteiger partial charge < -0.3 is 0 Å². The van der Waals surface area contributed by atoms with Gasteiger partial charge in [-0.25, -0.2) is 0 Å². The standard InChI is InChI=1S/C17H19N/c1-5-15(4)11-17(13-18-12-14(2)3)16-9-7-6-8-10-16/h5-11,13H,1-2,4,12H2,3H3/b17-11+,18-13?. The van der Waals surface area contributed by atoms with Gasteiger partial charge in [-0.1, -0.05) is 61.7 Å². The summed E-state index contributed by atoms with van der Waals surface area (Å²) >= 11 is 0. The van der Waals surface area contributed by atoms with Crippen molar-refractivity contribution in [1.82, 2.24) is 0 Å². The van der Waals surface area contributed by atoms with Crippen molar-refractivity contribution in [3.8, 4) is 0 Å². The fraction of sp³-hybridized carbons (Fsp3) is 0.118. The van der Waals surface area contributed by atoms with E-state index in [2.05, 4.69) is 36.9 Å². The molecular weight excluding hydrogens is 218 g/mol. The van der Waals surface area contributed by atoms with Gasteiger partial charge in [0.05, 0.1) is 6.54 Å². The molecule has 0 saturated heterocycles. The second kappa shape index (κ2) is 7.23. The van der Waals surface area contributed by atoms with Crippen molar-refractivity contribution in [2.24, 2.45) is 4.99 Å². The summed E-state index contributed by atoms with van der Waals surface area (Å²) in [6.07, 6.45) is 5.57. The third-order valence-corrected chi connectivity index (χ3v) is 2.30. The van der Waals surface area contributed by atoms with Crippen LogP contribution in [0.5, 0.6) is 0 Å². The molecule has 0 unspecified atom stereocenters. The molecule has 18 heavy (non-hydrogen) atoms. The van der Waals surface area contributed by atoms with Crippen molar-refractivity contribution in [2.75, 3.05) is 6.54 Å². The lowest BCUT2D eigenvalue weighted by Crippen LogP contribution is -1.89. The van der Waals surface area contributed by atoms with Crippen LogP contribution >= 0.6 is 0 Å². The van der Waals surface area contributed by atoms with Crippen LogP contribution in [0.2, 0.25) is 0 Å². The molecule has 0 spiro atoms. The summed E-state index contributed by atoms with van der Waals surface area (Å²) < 4.78 is 0. The van der Waals surface area contributed by atoms with Gasteiger partial charge in [-0.3, -0.25) is 4.99 Å². The Kier molecular flexibility index (Phi) is 5.59. The lowest BCUT2D eigenvalue weighted by Gasteiger charge is -2.02. The molecular formula is C17H19N. The minimum absolute atomic E-state index is 0.644. The van der Waals surface area contributed by atoms with E-state index in [0.29, 0.717) is 6.54 Å². The highest BCUT2D eigenvalue weighted by atomic mass is 14.7. The first-order valence-electron chi connectivity index (χ1n) is 5.86. The first-order valence-corrected chi connectivity index (χ1v) is 5.86. The maximum absolute atomic E-state index is 4.37. The van der Waals surface area contributed by atoms with Crippen molar-refractivity contribution >= 4 is 11.8 Å². The van der Waals surface area contributed by atoms with E-state index in [1.54, 1.807) is 6.08 Å². The average Bonchev–Trinajstić information content (AvgIpc) is 2.38. The Labute approximate surface area is 110 Å². The van der Waals surface area contributed by atoms with Crippen LogP contribution in [0, 0.1) is 0 Å². The highest BCUT2D eigenvalue weighted by Gasteiger charge is 1.97. The smallest absolute Gasteiger partial charge is 0.0594 e. The minimum Gasteiger partial charge on any atom is -0.288 e. The number of nitrogens with zero attached hydrogens (tertiary/aromatic N) is 1. The molecule has 0 radical (unpaired) electrons. The quantitative estimate of drug-likeness (QED) is 0.393. The summed E-state index contributed by atoms with van der Waals surface area (Å²) in [6.45, 7) is 14.1. The van der Waals surface area contributed by atoms with Gasteiger partial charge in [-0.2, -0.15) is 0 Å². The fourth-order valence-corrected chi connectivity index (χ4v) is 1.38. The first kappa shape index (κ1) is 13.9. The Hall–Kier alpha value is -2.15. The molecule has 0 fully saturated rings. The molecule has 0 saturated carbocycles. The zero-order valence-corrected chi connectivity index (χ0v) is 10.9. The molecule has 0 heterocycles. The van der Waals surface area contributed by atoms with Crippen molar-refractivity contribution in [3.05, 3.63) is 78.9 Å². The summed E-state index contributed by atoms with van der Waals surface area (Å²) in [5.41, 5.74) is 4.06. The zero-order valence-electron chi connectivity index (χ0n) is 10.9. The second-order valence-electron chi connectivity index (χ2n) is 4.17. The van der Waals surface area contributed by atoms with E-state index in [0.717, 1.165) is 22.3 Å². The van der Waals surface area contributed by atoms with Crippen molar-refractivity contribution in [3.63, 3.8) is 0 Å². The van der Waals surface area contributed by atoms with Gasteiger partial charge in [0, 0.05) is 11.8 Å². The molecule has 92 valence electrons. The van der Waals surface area contributed by atoms with Crippen LogP contribution in [0.4, 0.5) is 0 Å². The van der Waals surface area contributed by atoms with Crippen LogP contribution in [0.3, 0.4) is 0 Å². The topological polar surface area (TPSA) is 12.4 Å². The monoisotopic (exact) mass is 237 g/mol. The number of hydrogen-bond donors (Lipinski definition) is 0. The summed E-state index contributed by atoms with van der Waals surface area (Å²) in [6, 6.07) is 10.1. The van der Waals surface area contributed by atoms with E-state index < -0.39 is 0 Å². The maximum Gasteiger partial charge on any atom is 0.0594 e. The summed E-state index contributed by atoms with van der Waals surface area (Å²) in [7, 11) is 0. The molecule has 0 aliphatic carbocycles. The largest absolute Gasteiger partial charge is 0.288 e. The van der Waals surface area contributed by atoms with Gasteiger partial charge in [0.25, 0.3) is 0 Å². The molecule has 0 aromatic heterocycles. The van der Waals surface area contributed by atoms with E-state index >= 15 is 0 Å². The molecule has 0 aliphatic rings. The van der Waals surface area contributed by atoms with Crippen LogP contribution in [-0.2, 0) is 0 Å². The Morgan fingerprint density at radius 3 is 2.44 bits per heavy atom. The molecule has 0 aliphatic heterocycles. The highest BCUT2D eigenvalue weighted by Crippen LogP contribution is 2.14. The third-order valence-electron chi connectivity index (χ3n) is 2.30. The van der Waals surface area contributed by atoms with Crippen molar-refractivity contribution in [1.29, 1.82) is 0 Å². The van der Waals surface area contributed by atoms with E-state index in [4.69, 9.17) is 0 Å². The highest BCUT2D eigenvalue weighted by molar-refractivity contribution is 6.10. The van der Waals surface area contributed by atoms with Gasteiger partial charge >= 0.3 is 0 Å². The van der Waals surface area contributed by atoms with E-state index in [9.17, 15) is 0 Å². The fourth-order valence-electron chi connectivity index (χ4n) is 1.38. The third kappa shape index (κ3) is 4.79. The number of rotatable bonds is 6. The summed E-state index contributed by atoms with van der Waals surface area (Å²) in [5, 5.41) is 0. The summed E-state index contributed by atoms with van der Waals surface area (Å²) in [4.78, 5) is 4.37. The number of hydrogen-bond acceptors (Lipinski definition) is 1. The predicted molar refractivity (Wildman–Crippen MR) is 81.9 cm³/mol. The van der Waals surface area contributed by atoms with E-state index in [1.165, 1.54) is 0 Å². The lowest BCUT2D eigenvalue weighted by molar-refractivity contribution is 1.15. The molecule has 0 N–H and O–H groups in total. The number of allylic oxidation sites excluding steroid dienone is 4. The minimum atomic E-state index is 0.644. The number of aliphatic imine (C=N–C) groups is 1. The Morgan fingerprint density at radius 1 is 1.22 bits per heavy atom. The Morgan fingerprint density at radius 2 is 1.89 bits per heavy atom. The van der Waals surface area contributed by atoms with Crippen LogP contribution in [0.15, 0.2) is 78.4 Å². The van der Waals surface area contributed by atoms with Crippen LogP contribution in [-0.4, -0.2) is 12.8 Å². The predicted octanol–water partition coefficient (Wildman–Crippen LogP) is 4.46. The lowest BCUT2D eigenvalue weighted by atomic mass is 10.0. The molecule has 1 nitrogen and oxygen atoms in total. The molecule has 1 heteroatoms. The first-order chi connectivity index (χ1) is 8.63. The maximum atomic E-state index is 4.37. The Bertz CT molecular complexity index is 490. The zero-order chi connectivity index (χ0) is 13.4. The van der Waals surface area contributed by atoms with Crippen molar-refractivity contribution in [2.45, 2.75) is 6.92 Å². The van der Waals surface area contributed by atoms with Gasteiger partial charge in [0.1, 0.15) is 0 Å². The second-order valence-corrected chi connectivity index (χ2v) is 4.17. The van der Waals surface area contributed by atoms with Gasteiger partial charge in [0.2, 0.25) is 0 Å². The molecule has 1 aromatic carbocycles. The van der Waals surface area contributed by atoms with Gasteiger partial charge in [0.15, 0.2) is 0 Å². The van der Waals surface area contributed by atoms with Crippen LogP contribution < -0.4 is 0 Å². The SMILES string of the molecule is C=CC(=C)/C=C(\C=NCC(=C)C)c1ccccc1. The van der Waals surface area contributed by atoms with Gasteiger partial charge in [-0.15, -0.1) is 0 Å². The molecule has 1 rings (SSSR count). The van der Waals surface area contributed by atoms with Gasteiger partial charge in [-0.05, 0) is 24.1 Å². The molecule has 1 aromatic rings.